The van der Waals surface area contributed by atoms with Crippen LogP contribution in [-0.4, -0.2) is 25.9 Å². The molecule has 1 unspecified atom stereocenters. The maximum atomic E-state index is 11.9. The van der Waals surface area contributed by atoms with Crippen molar-refractivity contribution in [2.45, 2.75) is 71.7 Å². The van der Waals surface area contributed by atoms with Crippen LogP contribution in [0.1, 0.15) is 58.3 Å². The molecule has 0 saturated heterocycles. The standard InChI is InChI=1S/C21H33NO3Si/c1-7-24-20(23)17-13-11-16(12-14-17)19-10-8-9-18(22-19)15-25-26(5,6)21(2,3)4/h8-11,17H,7,12-15H2,1-6H3. The molecular weight excluding hydrogens is 342 g/mol. The van der Waals surface area contributed by atoms with Gasteiger partial charge in [0.15, 0.2) is 8.32 Å². The first kappa shape index (κ1) is 20.8. The molecule has 0 radical (unpaired) electrons. The number of pyridine rings is 1. The van der Waals surface area contributed by atoms with E-state index < -0.39 is 8.32 Å². The summed E-state index contributed by atoms with van der Waals surface area (Å²) < 4.78 is 11.4. The van der Waals surface area contributed by atoms with Crippen molar-refractivity contribution in [2.24, 2.45) is 5.92 Å². The lowest BCUT2D eigenvalue weighted by molar-refractivity contribution is -0.148. The molecule has 0 bridgehead atoms. The second-order valence-corrected chi connectivity index (χ2v) is 13.3. The Morgan fingerprint density at radius 3 is 2.62 bits per heavy atom. The van der Waals surface area contributed by atoms with Crippen LogP contribution in [0.2, 0.25) is 18.1 Å². The van der Waals surface area contributed by atoms with Gasteiger partial charge >= 0.3 is 5.97 Å². The Hall–Kier alpha value is -1.46. The Balaban J connectivity index is 2.02. The van der Waals surface area contributed by atoms with Crippen LogP contribution in [0.5, 0.6) is 0 Å². The number of ether oxygens (including phenoxy) is 1. The molecule has 1 heterocycles. The van der Waals surface area contributed by atoms with E-state index in [1.807, 2.05) is 25.1 Å². The number of hydrogen-bond donors (Lipinski definition) is 0. The predicted molar refractivity (Wildman–Crippen MR) is 108 cm³/mol. The molecule has 1 aromatic heterocycles. The van der Waals surface area contributed by atoms with E-state index >= 15 is 0 Å². The van der Waals surface area contributed by atoms with Crippen LogP contribution in [0, 0.1) is 5.92 Å². The van der Waals surface area contributed by atoms with Gasteiger partial charge in [-0.2, -0.15) is 0 Å². The van der Waals surface area contributed by atoms with Gasteiger partial charge in [-0.15, -0.1) is 0 Å². The molecule has 144 valence electrons. The lowest BCUT2D eigenvalue weighted by Gasteiger charge is -2.36. The van der Waals surface area contributed by atoms with Crippen LogP contribution >= 0.6 is 0 Å². The fourth-order valence-corrected chi connectivity index (χ4v) is 3.69. The molecule has 0 fully saturated rings. The summed E-state index contributed by atoms with van der Waals surface area (Å²) in [5, 5.41) is 0.193. The molecule has 4 nitrogen and oxygen atoms in total. The summed E-state index contributed by atoms with van der Waals surface area (Å²) in [7, 11) is -1.78. The Morgan fingerprint density at radius 1 is 1.31 bits per heavy atom. The van der Waals surface area contributed by atoms with Crippen LogP contribution in [0.3, 0.4) is 0 Å². The monoisotopic (exact) mass is 375 g/mol. The lowest BCUT2D eigenvalue weighted by Crippen LogP contribution is -2.40. The van der Waals surface area contributed by atoms with Gasteiger partial charge in [0.05, 0.1) is 30.5 Å². The van der Waals surface area contributed by atoms with Crippen molar-refractivity contribution in [3.05, 3.63) is 35.7 Å². The van der Waals surface area contributed by atoms with E-state index in [0.717, 1.165) is 30.7 Å². The van der Waals surface area contributed by atoms with Crippen molar-refractivity contribution in [2.75, 3.05) is 6.61 Å². The average Bonchev–Trinajstić information content (AvgIpc) is 2.60. The number of nitrogens with zero attached hydrogens (tertiary/aromatic N) is 1. The Bertz CT molecular complexity index is 661. The largest absolute Gasteiger partial charge is 0.466 e. The average molecular weight is 376 g/mol. The van der Waals surface area contributed by atoms with Crippen molar-refractivity contribution >= 4 is 19.9 Å². The van der Waals surface area contributed by atoms with Gasteiger partial charge in [-0.1, -0.05) is 32.9 Å². The van der Waals surface area contributed by atoms with Crippen molar-refractivity contribution < 1.29 is 14.0 Å². The minimum atomic E-state index is -1.78. The first-order valence-electron chi connectivity index (χ1n) is 9.60. The second kappa shape index (κ2) is 8.48. The van der Waals surface area contributed by atoms with Gasteiger partial charge < -0.3 is 9.16 Å². The molecule has 5 heteroatoms. The van der Waals surface area contributed by atoms with E-state index in [1.54, 1.807) is 0 Å². The summed E-state index contributed by atoms with van der Waals surface area (Å²) in [6, 6.07) is 6.12. The molecule has 0 saturated carbocycles. The van der Waals surface area contributed by atoms with Gasteiger partial charge in [0.1, 0.15) is 0 Å². The SMILES string of the molecule is CCOC(=O)C1CC=C(c2cccc(CO[Si](C)(C)C(C)(C)C)n2)CC1. The highest BCUT2D eigenvalue weighted by Gasteiger charge is 2.37. The van der Waals surface area contributed by atoms with Gasteiger partial charge in [-0.05, 0) is 62.0 Å². The summed E-state index contributed by atoms with van der Waals surface area (Å²) in [6.45, 7) is 14.1. The number of allylic oxidation sites excluding steroid dienone is 2. The highest BCUT2D eigenvalue weighted by molar-refractivity contribution is 6.74. The summed E-state index contributed by atoms with van der Waals surface area (Å²) in [4.78, 5) is 16.7. The van der Waals surface area contributed by atoms with E-state index in [1.165, 1.54) is 5.57 Å². The minimum Gasteiger partial charge on any atom is -0.466 e. The van der Waals surface area contributed by atoms with Crippen LogP contribution in [0.15, 0.2) is 24.3 Å². The number of esters is 1. The number of carbonyl (C=O) groups is 1. The number of rotatable bonds is 6. The molecule has 1 aliphatic carbocycles. The molecule has 1 aromatic rings. The summed E-state index contributed by atoms with van der Waals surface area (Å²) in [5.41, 5.74) is 3.20. The normalized spacial score (nSPS) is 18.4. The first-order chi connectivity index (χ1) is 12.1. The van der Waals surface area contributed by atoms with E-state index in [0.29, 0.717) is 13.2 Å². The van der Waals surface area contributed by atoms with Gasteiger partial charge in [0.2, 0.25) is 0 Å². The van der Waals surface area contributed by atoms with E-state index in [2.05, 4.69) is 39.9 Å². The smallest absolute Gasteiger partial charge is 0.309 e. The molecule has 0 aromatic carbocycles. The highest BCUT2D eigenvalue weighted by Crippen LogP contribution is 2.37. The summed E-state index contributed by atoms with van der Waals surface area (Å²) in [5.74, 6) is -0.0870. The van der Waals surface area contributed by atoms with E-state index in [4.69, 9.17) is 14.1 Å². The lowest BCUT2D eigenvalue weighted by atomic mass is 9.88. The third kappa shape index (κ3) is 5.27. The molecule has 1 aliphatic rings. The Kier molecular flexibility index (Phi) is 6.80. The quantitative estimate of drug-likeness (QED) is 0.497. The van der Waals surface area contributed by atoms with Crippen molar-refractivity contribution in [3.8, 4) is 0 Å². The maximum absolute atomic E-state index is 11.9. The maximum Gasteiger partial charge on any atom is 0.309 e. The van der Waals surface area contributed by atoms with Crippen LogP contribution in [0.4, 0.5) is 0 Å². The number of aromatic nitrogens is 1. The zero-order chi connectivity index (χ0) is 19.4. The molecule has 1 atom stereocenters. The van der Waals surface area contributed by atoms with E-state index in [-0.39, 0.29) is 16.9 Å². The number of carbonyl (C=O) groups excluding carboxylic acids is 1. The summed E-state index contributed by atoms with van der Waals surface area (Å²) >= 11 is 0. The number of hydrogen-bond acceptors (Lipinski definition) is 4. The van der Waals surface area contributed by atoms with Crippen LogP contribution in [-0.2, 0) is 20.6 Å². The molecule has 0 amide bonds. The summed E-state index contributed by atoms with van der Waals surface area (Å²) in [6.07, 6.45) is 4.58. The topological polar surface area (TPSA) is 48.4 Å². The van der Waals surface area contributed by atoms with Crippen molar-refractivity contribution in [1.29, 1.82) is 0 Å². The predicted octanol–water partition coefficient (Wildman–Crippen LogP) is 5.35. The Labute approximate surface area is 159 Å². The van der Waals surface area contributed by atoms with Crippen LogP contribution < -0.4 is 0 Å². The molecule has 26 heavy (non-hydrogen) atoms. The van der Waals surface area contributed by atoms with Gasteiger partial charge in [-0.25, -0.2) is 0 Å². The fourth-order valence-electron chi connectivity index (χ4n) is 2.75. The molecule has 2 rings (SSSR count). The molecule has 0 aliphatic heterocycles. The Morgan fingerprint density at radius 2 is 2.04 bits per heavy atom. The zero-order valence-electron chi connectivity index (χ0n) is 17.1. The van der Waals surface area contributed by atoms with Crippen molar-refractivity contribution in [1.82, 2.24) is 4.98 Å². The second-order valence-electron chi connectivity index (χ2n) is 8.52. The van der Waals surface area contributed by atoms with Gasteiger partial charge in [0.25, 0.3) is 0 Å². The van der Waals surface area contributed by atoms with E-state index in [9.17, 15) is 4.79 Å². The third-order valence-electron chi connectivity index (χ3n) is 5.55. The third-order valence-corrected chi connectivity index (χ3v) is 10.0. The first-order valence-corrected chi connectivity index (χ1v) is 12.5. The van der Waals surface area contributed by atoms with Gasteiger partial charge in [-0.3, -0.25) is 9.78 Å². The highest BCUT2D eigenvalue weighted by atomic mass is 28.4. The zero-order valence-corrected chi connectivity index (χ0v) is 18.1. The molecule has 0 spiro atoms. The fraction of sp³-hybridized carbons (Fsp3) is 0.619. The van der Waals surface area contributed by atoms with Crippen molar-refractivity contribution in [3.63, 3.8) is 0 Å². The van der Waals surface area contributed by atoms with Gasteiger partial charge in [0, 0.05) is 0 Å². The molecular formula is C21H33NO3Si. The minimum absolute atomic E-state index is 0.0104. The van der Waals surface area contributed by atoms with Crippen LogP contribution in [0.25, 0.3) is 5.57 Å². The molecule has 0 N–H and O–H groups in total.